The van der Waals surface area contributed by atoms with Gasteiger partial charge in [-0.25, -0.2) is 0 Å². The molecule has 0 saturated carbocycles. The summed E-state index contributed by atoms with van der Waals surface area (Å²) in [7, 11) is 1.50. The van der Waals surface area contributed by atoms with E-state index in [0.29, 0.717) is 17.2 Å². The van der Waals surface area contributed by atoms with Crippen LogP contribution in [0.5, 0.6) is 11.5 Å². The van der Waals surface area contributed by atoms with Crippen molar-refractivity contribution in [1.82, 2.24) is 19.8 Å². The van der Waals surface area contributed by atoms with Crippen molar-refractivity contribution in [1.29, 1.82) is 0 Å². The molecule has 3 aromatic rings. The minimum atomic E-state index is 0.0896. The number of hydrogen-bond donors (Lipinski definition) is 2. The molecule has 2 aromatic heterocycles. The highest BCUT2D eigenvalue weighted by Gasteiger charge is 2.05. The number of nitrogens with zero attached hydrogens (tertiary/aromatic N) is 5. The van der Waals surface area contributed by atoms with Crippen LogP contribution in [0.4, 0.5) is 5.82 Å². The summed E-state index contributed by atoms with van der Waals surface area (Å²) in [5, 5.41) is 25.8. The van der Waals surface area contributed by atoms with Crippen molar-refractivity contribution in [3.05, 3.63) is 42.2 Å². The summed E-state index contributed by atoms with van der Waals surface area (Å²) >= 11 is 0. The quantitative estimate of drug-likeness (QED) is 0.562. The predicted octanol–water partition coefficient (Wildman–Crippen LogP) is 1.67. The van der Waals surface area contributed by atoms with E-state index in [1.165, 1.54) is 13.4 Å². The molecule has 0 radical (unpaired) electrons. The van der Waals surface area contributed by atoms with Crippen LogP contribution >= 0.6 is 0 Å². The highest BCUT2D eigenvalue weighted by Crippen LogP contribution is 2.26. The number of benzene rings is 1. The van der Waals surface area contributed by atoms with Crippen LogP contribution in [-0.4, -0.2) is 37.7 Å². The smallest absolute Gasteiger partial charge is 0.177 e. The highest BCUT2D eigenvalue weighted by atomic mass is 16.5. The SMILES string of the molecule is COc1cc(/C(C)=N/Nc2ccc3nncn3n2)ccc1O. The second kappa shape index (κ2) is 5.68. The lowest BCUT2D eigenvalue weighted by Gasteiger charge is -2.07. The summed E-state index contributed by atoms with van der Waals surface area (Å²) in [6.07, 6.45) is 1.52. The van der Waals surface area contributed by atoms with Crippen LogP contribution in [0, 0.1) is 0 Å². The fourth-order valence-corrected chi connectivity index (χ4v) is 1.90. The van der Waals surface area contributed by atoms with Gasteiger partial charge in [-0.3, -0.25) is 5.43 Å². The molecule has 112 valence electrons. The van der Waals surface area contributed by atoms with E-state index in [-0.39, 0.29) is 5.75 Å². The van der Waals surface area contributed by atoms with E-state index in [9.17, 15) is 5.11 Å². The number of rotatable bonds is 4. The first-order valence-corrected chi connectivity index (χ1v) is 6.52. The molecule has 0 fully saturated rings. The minimum absolute atomic E-state index is 0.0896. The molecule has 0 aliphatic heterocycles. The second-order valence-corrected chi connectivity index (χ2v) is 4.55. The van der Waals surface area contributed by atoms with Crippen molar-refractivity contribution in [3.8, 4) is 11.5 Å². The van der Waals surface area contributed by atoms with Gasteiger partial charge in [0, 0.05) is 5.56 Å². The zero-order chi connectivity index (χ0) is 15.5. The Balaban J connectivity index is 1.81. The number of hydrazone groups is 1. The molecule has 0 bridgehead atoms. The van der Waals surface area contributed by atoms with Crippen molar-refractivity contribution in [2.24, 2.45) is 5.10 Å². The van der Waals surface area contributed by atoms with Gasteiger partial charge in [0.1, 0.15) is 6.33 Å². The van der Waals surface area contributed by atoms with E-state index in [0.717, 1.165) is 11.3 Å². The number of ether oxygens (including phenoxy) is 1. The molecular formula is C14H14N6O2. The van der Waals surface area contributed by atoms with Crippen LogP contribution in [0.2, 0.25) is 0 Å². The lowest BCUT2D eigenvalue weighted by atomic mass is 10.1. The van der Waals surface area contributed by atoms with Crippen LogP contribution in [0.1, 0.15) is 12.5 Å². The maximum absolute atomic E-state index is 9.60. The first kappa shape index (κ1) is 13.8. The topological polar surface area (TPSA) is 96.9 Å². The van der Waals surface area contributed by atoms with Gasteiger partial charge in [0.2, 0.25) is 0 Å². The largest absolute Gasteiger partial charge is 0.504 e. The second-order valence-electron chi connectivity index (χ2n) is 4.55. The first-order chi connectivity index (χ1) is 10.7. The zero-order valence-electron chi connectivity index (χ0n) is 12.1. The maximum atomic E-state index is 9.60. The van der Waals surface area contributed by atoms with Gasteiger partial charge in [0.25, 0.3) is 0 Å². The standard InChI is InChI=1S/C14H14N6O2/c1-9(10-3-4-11(21)12(7-10)22-2)16-17-13-5-6-14-18-15-8-20(14)19-13/h3-8,21H,1-2H3,(H,17,19)/b16-9+. The Labute approximate surface area is 126 Å². The van der Waals surface area contributed by atoms with Gasteiger partial charge in [0.05, 0.1) is 12.8 Å². The Morgan fingerprint density at radius 1 is 1.32 bits per heavy atom. The third-order valence-corrected chi connectivity index (χ3v) is 3.10. The van der Waals surface area contributed by atoms with Crippen LogP contribution in [0.25, 0.3) is 5.65 Å². The van der Waals surface area contributed by atoms with Crippen LogP contribution in [0.3, 0.4) is 0 Å². The van der Waals surface area contributed by atoms with Gasteiger partial charge in [0.15, 0.2) is 23.0 Å². The Morgan fingerprint density at radius 3 is 3.00 bits per heavy atom. The summed E-state index contributed by atoms with van der Waals surface area (Å²) in [4.78, 5) is 0. The first-order valence-electron chi connectivity index (χ1n) is 6.52. The van der Waals surface area contributed by atoms with E-state index >= 15 is 0 Å². The molecule has 8 heteroatoms. The van der Waals surface area contributed by atoms with E-state index < -0.39 is 0 Å². The number of phenolic OH excluding ortho intramolecular Hbond substituents is 1. The van der Waals surface area contributed by atoms with E-state index in [1.807, 2.05) is 6.92 Å². The van der Waals surface area contributed by atoms with Crippen molar-refractivity contribution >= 4 is 17.2 Å². The molecule has 2 heterocycles. The molecular weight excluding hydrogens is 284 g/mol. The number of phenols is 1. The fraction of sp³-hybridized carbons (Fsp3) is 0.143. The molecule has 0 amide bonds. The summed E-state index contributed by atoms with van der Waals surface area (Å²) in [6.45, 7) is 1.84. The van der Waals surface area contributed by atoms with E-state index in [2.05, 4.69) is 25.8 Å². The average Bonchev–Trinajstić information content (AvgIpc) is 3.00. The summed E-state index contributed by atoms with van der Waals surface area (Å²) in [5.74, 6) is 1.06. The molecule has 22 heavy (non-hydrogen) atoms. The van der Waals surface area contributed by atoms with Crippen molar-refractivity contribution < 1.29 is 9.84 Å². The number of methoxy groups -OCH3 is 1. The van der Waals surface area contributed by atoms with Crippen LogP contribution in [-0.2, 0) is 0 Å². The molecule has 0 aliphatic carbocycles. The Morgan fingerprint density at radius 2 is 2.18 bits per heavy atom. The Kier molecular flexibility index (Phi) is 3.57. The number of aromatic hydroxyl groups is 1. The lowest BCUT2D eigenvalue weighted by Crippen LogP contribution is -2.03. The fourth-order valence-electron chi connectivity index (χ4n) is 1.90. The van der Waals surface area contributed by atoms with Gasteiger partial charge >= 0.3 is 0 Å². The molecule has 0 atom stereocenters. The summed E-state index contributed by atoms with van der Waals surface area (Å²) in [5.41, 5.74) is 5.09. The van der Waals surface area contributed by atoms with Gasteiger partial charge in [-0.15, -0.1) is 15.3 Å². The summed E-state index contributed by atoms with van der Waals surface area (Å²) < 4.78 is 6.64. The van der Waals surface area contributed by atoms with Crippen molar-refractivity contribution in [3.63, 3.8) is 0 Å². The van der Waals surface area contributed by atoms with Crippen molar-refractivity contribution in [2.45, 2.75) is 6.92 Å². The molecule has 1 aromatic carbocycles. The molecule has 3 rings (SSSR count). The number of nitrogens with one attached hydrogen (secondary N) is 1. The monoisotopic (exact) mass is 298 g/mol. The predicted molar refractivity (Wildman–Crippen MR) is 81.3 cm³/mol. The summed E-state index contributed by atoms with van der Waals surface area (Å²) in [6, 6.07) is 8.59. The Bertz CT molecular complexity index is 842. The molecule has 2 N–H and O–H groups in total. The molecule has 8 nitrogen and oxygen atoms in total. The average molecular weight is 298 g/mol. The lowest BCUT2D eigenvalue weighted by molar-refractivity contribution is 0.373. The van der Waals surface area contributed by atoms with Gasteiger partial charge < -0.3 is 9.84 Å². The van der Waals surface area contributed by atoms with E-state index in [4.69, 9.17) is 4.74 Å². The highest BCUT2D eigenvalue weighted by molar-refractivity contribution is 5.99. The van der Waals surface area contributed by atoms with Crippen LogP contribution < -0.4 is 10.2 Å². The molecule has 0 spiro atoms. The minimum Gasteiger partial charge on any atom is -0.504 e. The van der Waals surface area contributed by atoms with Gasteiger partial charge in [-0.1, -0.05) is 0 Å². The van der Waals surface area contributed by atoms with Crippen molar-refractivity contribution in [2.75, 3.05) is 12.5 Å². The third-order valence-electron chi connectivity index (χ3n) is 3.10. The maximum Gasteiger partial charge on any atom is 0.177 e. The number of fused-ring (bicyclic) bond motifs is 1. The number of hydrogen-bond acceptors (Lipinski definition) is 7. The number of anilines is 1. The third kappa shape index (κ3) is 2.66. The molecule has 0 aliphatic rings. The van der Waals surface area contributed by atoms with Gasteiger partial charge in [-0.05, 0) is 37.3 Å². The number of aromatic nitrogens is 4. The normalized spacial score (nSPS) is 11.6. The zero-order valence-corrected chi connectivity index (χ0v) is 12.1. The molecule has 0 saturated heterocycles. The Hall–Kier alpha value is -3.16. The van der Waals surface area contributed by atoms with Crippen LogP contribution in [0.15, 0.2) is 41.8 Å². The van der Waals surface area contributed by atoms with Gasteiger partial charge in [-0.2, -0.15) is 9.62 Å². The van der Waals surface area contributed by atoms with E-state index in [1.54, 1.807) is 34.8 Å². The molecule has 0 unspecified atom stereocenters.